The van der Waals surface area contributed by atoms with Gasteiger partial charge < -0.3 is 9.64 Å². The molecule has 0 N–H and O–H groups in total. The van der Waals surface area contributed by atoms with E-state index in [0.717, 1.165) is 19.4 Å². The Morgan fingerprint density at radius 3 is 3.00 bits per heavy atom. The summed E-state index contributed by atoms with van der Waals surface area (Å²) < 4.78 is 5.28. The van der Waals surface area contributed by atoms with Crippen LogP contribution in [0.25, 0.3) is 0 Å². The van der Waals surface area contributed by atoms with Crippen LogP contribution in [0.2, 0.25) is 0 Å². The molecule has 1 rings (SSSR count). The summed E-state index contributed by atoms with van der Waals surface area (Å²) in [6.45, 7) is 3.19. The number of carbonyl (C=O) groups excluding carboxylic acids is 1. The highest BCUT2D eigenvalue weighted by atomic mass is 16.5. The maximum absolute atomic E-state index is 12.0. The molecule has 1 amide bonds. The zero-order valence-corrected chi connectivity index (χ0v) is 9.40. The molecule has 1 fully saturated rings. The van der Waals surface area contributed by atoms with E-state index in [2.05, 4.69) is 6.07 Å². The molecule has 0 aromatic rings. The van der Waals surface area contributed by atoms with Gasteiger partial charge in [-0.25, -0.2) is 0 Å². The van der Waals surface area contributed by atoms with Gasteiger partial charge in [-0.05, 0) is 19.8 Å². The Kier molecular flexibility index (Phi) is 4.57. The molecule has 2 atom stereocenters. The fraction of sp³-hybridized carbons (Fsp3) is 0.818. The van der Waals surface area contributed by atoms with Crippen molar-refractivity contribution in [1.29, 1.82) is 5.26 Å². The lowest BCUT2D eigenvalue weighted by atomic mass is 10.00. The molecule has 0 bridgehead atoms. The highest BCUT2D eigenvalue weighted by Gasteiger charge is 2.26. The molecule has 1 heterocycles. The molecule has 15 heavy (non-hydrogen) atoms. The van der Waals surface area contributed by atoms with Crippen LogP contribution in [0.3, 0.4) is 0 Å². The average molecular weight is 210 g/mol. The van der Waals surface area contributed by atoms with Crippen LogP contribution in [0.4, 0.5) is 0 Å². The van der Waals surface area contributed by atoms with Crippen molar-refractivity contribution < 1.29 is 9.53 Å². The second-order valence-corrected chi connectivity index (χ2v) is 4.07. The normalized spacial score (nSPS) is 22.9. The van der Waals surface area contributed by atoms with E-state index in [0.29, 0.717) is 13.0 Å². The minimum absolute atomic E-state index is 0.00936. The predicted octanol–water partition coefficient (Wildman–Crippen LogP) is 1.17. The van der Waals surface area contributed by atoms with E-state index in [9.17, 15) is 4.79 Å². The van der Waals surface area contributed by atoms with Crippen molar-refractivity contribution in [2.75, 3.05) is 20.3 Å². The summed E-state index contributed by atoms with van der Waals surface area (Å²) in [5.41, 5.74) is 0. The molecule has 0 aromatic heterocycles. The first-order valence-corrected chi connectivity index (χ1v) is 5.38. The molecule has 2 unspecified atom stereocenters. The van der Waals surface area contributed by atoms with Gasteiger partial charge in [-0.2, -0.15) is 5.26 Å². The first-order valence-electron chi connectivity index (χ1n) is 5.38. The molecule has 0 aliphatic carbocycles. The van der Waals surface area contributed by atoms with Crippen LogP contribution in [0.5, 0.6) is 0 Å². The topological polar surface area (TPSA) is 53.3 Å². The van der Waals surface area contributed by atoms with Gasteiger partial charge in [-0.15, -0.1) is 0 Å². The largest absolute Gasteiger partial charge is 0.381 e. The number of amides is 1. The van der Waals surface area contributed by atoms with Crippen molar-refractivity contribution in [3.05, 3.63) is 0 Å². The lowest BCUT2D eigenvalue weighted by Gasteiger charge is -2.29. The van der Waals surface area contributed by atoms with Gasteiger partial charge in [0.25, 0.3) is 0 Å². The lowest BCUT2D eigenvalue weighted by Crippen LogP contribution is -2.41. The summed E-state index contributed by atoms with van der Waals surface area (Å²) in [5.74, 6) is 0.0994. The van der Waals surface area contributed by atoms with Crippen molar-refractivity contribution in [2.45, 2.75) is 32.2 Å². The summed E-state index contributed by atoms with van der Waals surface area (Å²) in [7, 11) is 1.76. The Hall–Kier alpha value is -1.08. The third-order valence-electron chi connectivity index (χ3n) is 2.91. The Balaban J connectivity index is 2.47. The van der Waals surface area contributed by atoms with E-state index < -0.39 is 0 Å². The van der Waals surface area contributed by atoms with Crippen molar-refractivity contribution in [3.63, 3.8) is 0 Å². The first kappa shape index (κ1) is 12.0. The SMILES string of the molecule is CC(CC#N)N(C)C(=O)C1CCCOC1. The Bertz CT molecular complexity index is 254. The quantitative estimate of drug-likeness (QED) is 0.702. The third kappa shape index (κ3) is 3.21. The molecule has 0 radical (unpaired) electrons. The van der Waals surface area contributed by atoms with Gasteiger partial charge >= 0.3 is 0 Å². The fourth-order valence-electron chi connectivity index (χ4n) is 1.71. The lowest BCUT2D eigenvalue weighted by molar-refractivity contribution is -0.140. The van der Waals surface area contributed by atoms with Crippen molar-refractivity contribution in [1.82, 2.24) is 4.90 Å². The zero-order chi connectivity index (χ0) is 11.3. The van der Waals surface area contributed by atoms with Crippen LogP contribution in [-0.4, -0.2) is 37.1 Å². The van der Waals surface area contributed by atoms with Crippen LogP contribution < -0.4 is 0 Å². The maximum Gasteiger partial charge on any atom is 0.228 e. The summed E-state index contributed by atoms with van der Waals surface area (Å²) in [5, 5.41) is 8.57. The summed E-state index contributed by atoms with van der Waals surface area (Å²) in [6.07, 6.45) is 2.25. The van der Waals surface area contributed by atoms with Crippen LogP contribution in [0.1, 0.15) is 26.2 Å². The number of nitriles is 1. The van der Waals surface area contributed by atoms with Gasteiger partial charge in [0.05, 0.1) is 25.0 Å². The van der Waals surface area contributed by atoms with Gasteiger partial charge in [0, 0.05) is 19.7 Å². The van der Waals surface area contributed by atoms with Gasteiger partial charge in [0.2, 0.25) is 5.91 Å². The second kappa shape index (κ2) is 5.72. The Morgan fingerprint density at radius 1 is 1.73 bits per heavy atom. The fourth-order valence-corrected chi connectivity index (χ4v) is 1.71. The highest BCUT2D eigenvalue weighted by molar-refractivity contribution is 5.79. The molecule has 1 aliphatic rings. The summed E-state index contributed by atoms with van der Waals surface area (Å²) >= 11 is 0. The first-order chi connectivity index (χ1) is 7.16. The smallest absolute Gasteiger partial charge is 0.228 e. The van der Waals surface area contributed by atoms with Crippen LogP contribution in [-0.2, 0) is 9.53 Å². The molecule has 84 valence electrons. The number of hydrogen-bond acceptors (Lipinski definition) is 3. The van der Waals surface area contributed by atoms with Gasteiger partial charge in [-0.3, -0.25) is 4.79 Å². The minimum Gasteiger partial charge on any atom is -0.381 e. The van der Waals surface area contributed by atoms with E-state index in [1.165, 1.54) is 0 Å². The van der Waals surface area contributed by atoms with E-state index in [1.54, 1.807) is 11.9 Å². The molecule has 4 heteroatoms. The van der Waals surface area contributed by atoms with Gasteiger partial charge in [0.15, 0.2) is 0 Å². The van der Waals surface area contributed by atoms with Crippen LogP contribution >= 0.6 is 0 Å². The summed E-state index contributed by atoms with van der Waals surface area (Å²) in [4.78, 5) is 13.6. The average Bonchev–Trinajstić information content (AvgIpc) is 2.28. The van der Waals surface area contributed by atoms with E-state index >= 15 is 0 Å². The summed E-state index contributed by atoms with van der Waals surface area (Å²) in [6, 6.07) is 2.07. The monoisotopic (exact) mass is 210 g/mol. The third-order valence-corrected chi connectivity index (χ3v) is 2.91. The van der Waals surface area contributed by atoms with E-state index in [1.807, 2.05) is 6.92 Å². The Morgan fingerprint density at radius 2 is 2.47 bits per heavy atom. The van der Waals surface area contributed by atoms with E-state index in [-0.39, 0.29) is 17.9 Å². The Labute approximate surface area is 90.8 Å². The molecule has 1 saturated heterocycles. The molecule has 0 spiro atoms. The van der Waals surface area contributed by atoms with Crippen molar-refractivity contribution in [3.8, 4) is 6.07 Å². The second-order valence-electron chi connectivity index (χ2n) is 4.07. The molecular weight excluding hydrogens is 192 g/mol. The number of hydrogen-bond donors (Lipinski definition) is 0. The van der Waals surface area contributed by atoms with Crippen LogP contribution in [0, 0.1) is 17.2 Å². The van der Waals surface area contributed by atoms with Crippen molar-refractivity contribution >= 4 is 5.91 Å². The van der Waals surface area contributed by atoms with Crippen LogP contribution in [0.15, 0.2) is 0 Å². The number of ether oxygens (including phenoxy) is 1. The van der Waals surface area contributed by atoms with Gasteiger partial charge in [0.1, 0.15) is 0 Å². The molecule has 0 saturated carbocycles. The standard InChI is InChI=1S/C11H18N2O2/c1-9(5-6-12)13(2)11(14)10-4-3-7-15-8-10/h9-10H,3-5,7-8H2,1-2H3. The molecule has 0 aromatic carbocycles. The number of carbonyl (C=O) groups is 1. The van der Waals surface area contributed by atoms with Gasteiger partial charge in [-0.1, -0.05) is 0 Å². The predicted molar refractivity (Wildman–Crippen MR) is 56.0 cm³/mol. The minimum atomic E-state index is -0.00979. The molecule has 1 aliphatic heterocycles. The number of rotatable bonds is 3. The maximum atomic E-state index is 12.0. The molecular formula is C11H18N2O2. The highest BCUT2D eigenvalue weighted by Crippen LogP contribution is 2.17. The number of nitrogens with zero attached hydrogens (tertiary/aromatic N) is 2. The zero-order valence-electron chi connectivity index (χ0n) is 9.40. The van der Waals surface area contributed by atoms with E-state index in [4.69, 9.17) is 10.00 Å². The van der Waals surface area contributed by atoms with Crippen molar-refractivity contribution in [2.24, 2.45) is 5.92 Å². The molecule has 4 nitrogen and oxygen atoms in total.